The maximum absolute atomic E-state index is 12.1. The first-order valence-electron chi connectivity index (χ1n) is 9.57. The van der Waals surface area contributed by atoms with Gasteiger partial charge in [0.15, 0.2) is 0 Å². The molecule has 1 aliphatic carbocycles. The van der Waals surface area contributed by atoms with Crippen LogP contribution in [0.2, 0.25) is 0 Å². The number of benzene rings is 3. The van der Waals surface area contributed by atoms with Gasteiger partial charge in [-0.15, -0.1) is 0 Å². The van der Waals surface area contributed by atoms with Crippen LogP contribution < -0.4 is 5.32 Å². The number of nitrogens with one attached hydrogen (secondary N) is 1. The molecule has 0 saturated heterocycles. The summed E-state index contributed by atoms with van der Waals surface area (Å²) in [5.41, 5.74) is 6.41. The van der Waals surface area contributed by atoms with Crippen molar-refractivity contribution in [3.8, 4) is 11.1 Å². The van der Waals surface area contributed by atoms with Crippen LogP contribution in [-0.4, -0.2) is 25.5 Å². The van der Waals surface area contributed by atoms with Gasteiger partial charge < -0.3 is 10.1 Å². The first-order chi connectivity index (χ1) is 14.3. The van der Waals surface area contributed by atoms with Gasteiger partial charge in [0.05, 0.1) is 0 Å². The van der Waals surface area contributed by atoms with Gasteiger partial charge in [-0.25, -0.2) is 4.79 Å². The maximum atomic E-state index is 12.1. The Labute approximate surface area is 169 Å². The van der Waals surface area contributed by atoms with Crippen LogP contribution in [0.25, 0.3) is 17.2 Å². The van der Waals surface area contributed by atoms with E-state index in [-0.39, 0.29) is 5.92 Å². The average molecular weight is 383 g/mol. The SMILES string of the molecule is O=Cc1ccc(C=CCNC(=O)OCC2c3ccccc3-c3ccccc32)cc1. The minimum atomic E-state index is -0.437. The molecule has 0 fully saturated rings. The number of rotatable bonds is 6. The summed E-state index contributed by atoms with van der Waals surface area (Å²) in [6, 6.07) is 23.7. The first kappa shape index (κ1) is 18.7. The topological polar surface area (TPSA) is 55.4 Å². The number of fused-ring (bicyclic) bond motifs is 3. The molecule has 0 aliphatic heterocycles. The van der Waals surface area contributed by atoms with E-state index in [1.807, 2.05) is 48.6 Å². The van der Waals surface area contributed by atoms with Crippen molar-refractivity contribution in [1.29, 1.82) is 0 Å². The molecule has 4 heteroatoms. The van der Waals surface area contributed by atoms with E-state index in [2.05, 4.69) is 29.6 Å². The third-order valence-electron chi connectivity index (χ3n) is 5.09. The second-order valence-electron chi connectivity index (χ2n) is 6.89. The van der Waals surface area contributed by atoms with Crippen LogP contribution in [0.3, 0.4) is 0 Å². The summed E-state index contributed by atoms with van der Waals surface area (Å²) in [5, 5.41) is 2.74. The Balaban J connectivity index is 1.32. The summed E-state index contributed by atoms with van der Waals surface area (Å²) >= 11 is 0. The Morgan fingerprint density at radius 1 is 0.862 bits per heavy atom. The lowest BCUT2D eigenvalue weighted by Gasteiger charge is -2.14. The summed E-state index contributed by atoms with van der Waals surface area (Å²) in [6.45, 7) is 0.669. The van der Waals surface area contributed by atoms with Crippen LogP contribution in [0, 0.1) is 0 Å². The molecule has 0 unspecified atom stereocenters. The Bertz CT molecular complexity index is 1010. The van der Waals surface area contributed by atoms with E-state index in [1.165, 1.54) is 22.3 Å². The lowest BCUT2D eigenvalue weighted by atomic mass is 9.98. The summed E-state index contributed by atoms with van der Waals surface area (Å²) in [4.78, 5) is 22.8. The molecule has 0 radical (unpaired) electrons. The Morgan fingerprint density at radius 3 is 2.07 bits per heavy atom. The monoisotopic (exact) mass is 383 g/mol. The van der Waals surface area contributed by atoms with Crippen LogP contribution in [0.1, 0.15) is 33.0 Å². The standard InChI is InChI=1S/C25H21NO3/c27-16-19-13-11-18(12-14-19)6-5-15-26-25(28)29-17-24-22-9-3-1-7-20(22)21-8-2-4-10-23(21)24/h1-14,16,24H,15,17H2,(H,26,28). The zero-order valence-electron chi connectivity index (χ0n) is 15.9. The van der Waals surface area contributed by atoms with Crippen molar-refractivity contribution < 1.29 is 14.3 Å². The molecule has 1 N–H and O–H groups in total. The Morgan fingerprint density at radius 2 is 1.45 bits per heavy atom. The fraction of sp³-hybridized carbons (Fsp3) is 0.120. The van der Waals surface area contributed by atoms with Gasteiger partial charge in [0.25, 0.3) is 0 Å². The predicted molar refractivity (Wildman–Crippen MR) is 114 cm³/mol. The zero-order chi connectivity index (χ0) is 20.1. The number of carbonyl (C=O) groups is 2. The van der Waals surface area contributed by atoms with Crippen molar-refractivity contribution in [2.24, 2.45) is 0 Å². The van der Waals surface area contributed by atoms with E-state index in [1.54, 1.807) is 12.1 Å². The Kier molecular flexibility index (Phi) is 5.52. The summed E-state index contributed by atoms with van der Waals surface area (Å²) in [7, 11) is 0. The molecule has 3 aromatic rings. The number of alkyl carbamates (subject to hydrolysis) is 1. The molecule has 144 valence electrons. The van der Waals surface area contributed by atoms with Gasteiger partial charge in [-0.2, -0.15) is 0 Å². The van der Waals surface area contributed by atoms with Crippen molar-refractivity contribution >= 4 is 18.5 Å². The minimum Gasteiger partial charge on any atom is -0.449 e. The lowest BCUT2D eigenvalue weighted by molar-refractivity contribution is 0.112. The highest BCUT2D eigenvalue weighted by Crippen LogP contribution is 2.44. The van der Waals surface area contributed by atoms with Crippen molar-refractivity contribution in [3.05, 3.63) is 101 Å². The molecule has 0 heterocycles. The largest absolute Gasteiger partial charge is 0.449 e. The highest BCUT2D eigenvalue weighted by molar-refractivity contribution is 5.79. The highest BCUT2D eigenvalue weighted by atomic mass is 16.5. The summed E-state index contributed by atoms with van der Waals surface area (Å²) < 4.78 is 5.50. The van der Waals surface area contributed by atoms with Crippen molar-refractivity contribution in [2.75, 3.05) is 13.2 Å². The third-order valence-corrected chi connectivity index (χ3v) is 5.09. The molecule has 29 heavy (non-hydrogen) atoms. The van der Waals surface area contributed by atoms with Crippen LogP contribution in [0.4, 0.5) is 4.79 Å². The molecule has 3 aromatic carbocycles. The van der Waals surface area contributed by atoms with Gasteiger partial charge in [0.2, 0.25) is 0 Å². The average Bonchev–Trinajstić information content (AvgIpc) is 3.09. The molecule has 0 saturated carbocycles. The normalized spacial score (nSPS) is 12.4. The van der Waals surface area contributed by atoms with Crippen LogP contribution in [0.5, 0.6) is 0 Å². The molecule has 0 spiro atoms. The van der Waals surface area contributed by atoms with Gasteiger partial charge in [-0.1, -0.05) is 84.9 Å². The zero-order valence-corrected chi connectivity index (χ0v) is 15.9. The fourth-order valence-corrected chi connectivity index (χ4v) is 3.67. The molecule has 4 rings (SSSR count). The molecule has 0 bridgehead atoms. The smallest absolute Gasteiger partial charge is 0.407 e. The van der Waals surface area contributed by atoms with Crippen molar-refractivity contribution in [3.63, 3.8) is 0 Å². The van der Waals surface area contributed by atoms with Gasteiger partial charge in [-0.3, -0.25) is 4.79 Å². The maximum Gasteiger partial charge on any atom is 0.407 e. The van der Waals surface area contributed by atoms with Crippen LogP contribution in [-0.2, 0) is 4.74 Å². The van der Waals surface area contributed by atoms with Gasteiger partial charge in [0, 0.05) is 18.0 Å². The van der Waals surface area contributed by atoms with Crippen molar-refractivity contribution in [2.45, 2.75) is 5.92 Å². The lowest BCUT2D eigenvalue weighted by Crippen LogP contribution is -2.26. The summed E-state index contributed by atoms with van der Waals surface area (Å²) in [6.07, 6.45) is 4.11. The molecule has 0 aromatic heterocycles. The molecule has 4 nitrogen and oxygen atoms in total. The van der Waals surface area contributed by atoms with Gasteiger partial charge >= 0.3 is 6.09 Å². The van der Waals surface area contributed by atoms with E-state index < -0.39 is 6.09 Å². The van der Waals surface area contributed by atoms with E-state index in [9.17, 15) is 9.59 Å². The number of aldehydes is 1. The van der Waals surface area contributed by atoms with Crippen LogP contribution in [0.15, 0.2) is 78.9 Å². The number of carbonyl (C=O) groups excluding carboxylic acids is 2. The van der Waals surface area contributed by atoms with Gasteiger partial charge in [0.1, 0.15) is 12.9 Å². The van der Waals surface area contributed by atoms with E-state index in [0.717, 1.165) is 11.8 Å². The van der Waals surface area contributed by atoms with E-state index >= 15 is 0 Å². The quantitative estimate of drug-likeness (QED) is 0.606. The minimum absolute atomic E-state index is 0.0556. The molecule has 1 aliphatic rings. The highest BCUT2D eigenvalue weighted by Gasteiger charge is 2.28. The second kappa shape index (κ2) is 8.57. The van der Waals surface area contributed by atoms with E-state index in [4.69, 9.17) is 4.74 Å². The van der Waals surface area contributed by atoms with Crippen LogP contribution >= 0.6 is 0 Å². The van der Waals surface area contributed by atoms with E-state index in [0.29, 0.717) is 18.7 Å². The second-order valence-corrected chi connectivity index (χ2v) is 6.89. The molecule has 0 atom stereocenters. The first-order valence-corrected chi connectivity index (χ1v) is 9.57. The van der Waals surface area contributed by atoms with Crippen molar-refractivity contribution in [1.82, 2.24) is 5.32 Å². The summed E-state index contributed by atoms with van der Waals surface area (Å²) in [5.74, 6) is 0.0556. The molecule has 1 amide bonds. The number of hydrogen-bond donors (Lipinski definition) is 1. The predicted octanol–water partition coefficient (Wildman–Crippen LogP) is 5.05. The van der Waals surface area contributed by atoms with Gasteiger partial charge in [-0.05, 0) is 27.8 Å². The Hall–Kier alpha value is -3.66. The number of amides is 1. The molecular formula is C25H21NO3. The molecular weight excluding hydrogens is 362 g/mol. The fourth-order valence-electron chi connectivity index (χ4n) is 3.67. The third kappa shape index (κ3) is 4.11. The number of ether oxygens (including phenoxy) is 1. The number of hydrogen-bond acceptors (Lipinski definition) is 3.